The van der Waals surface area contributed by atoms with E-state index in [1.807, 2.05) is 35.0 Å². The van der Waals surface area contributed by atoms with Crippen LogP contribution in [-0.4, -0.2) is 16.5 Å². The number of para-hydroxylation sites is 1. The third-order valence-corrected chi connectivity index (χ3v) is 5.57. The molecular weight excluding hydrogens is 429 g/mol. The molecule has 0 atom stereocenters. The van der Waals surface area contributed by atoms with E-state index in [0.29, 0.717) is 17.3 Å². The standard InChI is InChI=1S/C25H17ClFN3O2/c26-18-4-3-5-20(13-18)30-24(31)22(28-25(30)32)12-17-15-29(23-7-2-1-6-21(17)23)14-16-8-10-19(27)11-9-16/h1-13,15H,14H2,(H,28,32). The lowest BCUT2D eigenvalue weighted by Crippen LogP contribution is -2.30. The molecule has 0 aliphatic carbocycles. The lowest BCUT2D eigenvalue weighted by Gasteiger charge is -2.11. The average Bonchev–Trinajstić information content (AvgIpc) is 3.26. The Morgan fingerprint density at radius 2 is 1.75 bits per heavy atom. The van der Waals surface area contributed by atoms with Gasteiger partial charge in [-0.1, -0.05) is 48.0 Å². The van der Waals surface area contributed by atoms with Gasteiger partial charge in [-0.15, -0.1) is 0 Å². The van der Waals surface area contributed by atoms with Crippen molar-refractivity contribution in [3.63, 3.8) is 0 Å². The number of aromatic nitrogens is 1. The number of nitrogens with zero attached hydrogens (tertiary/aromatic N) is 2. The van der Waals surface area contributed by atoms with E-state index in [1.165, 1.54) is 12.1 Å². The molecule has 1 fully saturated rings. The predicted octanol–water partition coefficient (Wildman–Crippen LogP) is 5.58. The van der Waals surface area contributed by atoms with Crippen LogP contribution in [0, 0.1) is 5.82 Å². The van der Waals surface area contributed by atoms with Crippen LogP contribution in [0.2, 0.25) is 5.02 Å². The molecule has 0 bridgehead atoms. The molecule has 2 heterocycles. The highest BCUT2D eigenvalue weighted by Gasteiger charge is 2.35. The number of fused-ring (bicyclic) bond motifs is 1. The number of amides is 3. The molecule has 4 aromatic rings. The van der Waals surface area contributed by atoms with Gasteiger partial charge >= 0.3 is 6.03 Å². The third kappa shape index (κ3) is 3.65. The molecule has 1 aliphatic heterocycles. The van der Waals surface area contributed by atoms with Crippen molar-refractivity contribution < 1.29 is 14.0 Å². The largest absolute Gasteiger partial charge is 0.342 e. The van der Waals surface area contributed by atoms with Gasteiger partial charge in [0.1, 0.15) is 11.5 Å². The van der Waals surface area contributed by atoms with Crippen molar-refractivity contribution in [3.8, 4) is 0 Å². The number of halogens is 2. The number of carbonyl (C=O) groups is 2. The second kappa shape index (κ2) is 7.98. The number of nitrogens with one attached hydrogen (secondary N) is 1. The Bertz CT molecular complexity index is 1390. The van der Waals surface area contributed by atoms with Gasteiger partial charge in [-0.2, -0.15) is 0 Å². The minimum atomic E-state index is -0.529. The second-order valence-electron chi connectivity index (χ2n) is 7.46. The predicted molar refractivity (Wildman–Crippen MR) is 123 cm³/mol. The van der Waals surface area contributed by atoms with Crippen LogP contribution in [0.25, 0.3) is 17.0 Å². The number of urea groups is 1. The summed E-state index contributed by atoms with van der Waals surface area (Å²) in [6.07, 6.45) is 3.59. The molecule has 0 saturated carbocycles. The zero-order chi connectivity index (χ0) is 22.2. The molecule has 7 heteroatoms. The molecule has 1 N–H and O–H groups in total. The first-order valence-corrected chi connectivity index (χ1v) is 10.3. The van der Waals surface area contributed by atoms with Crippen molar-refractivity contribution in [1.29, 1.82) is 0 Å². The summed E-state index contributed by atoms with van der Waals surface area (Å²) in [5.74, 6) is -0.732. The first-order chi connectivity index (χ1) is 15.5. The van der Waals surface area contributed by atoms with Crippen LogP contribution in [0.15, 0.2) is 84.7 Å². The van der Waals surface area contributed by atoms with Gasteiger partial charge in [0, 0.05) is 34.2 Å². The summed E-state index contributed by atoms with van der Waals surface area (Å²) in [5.41, 5.74) is 3.29. The van der Waals surface area contributed by atoms with Crippen LogP contribution in [-0.2, 0) is 11.3 Å². The van der Waals surface area contributed by atoms with Gasteiger partial charge in [-0.3, -0.25) is 4.79 Å². The Balaban J connectivity index is 1.52. The van der Waals surface area contributed by atoms with Crippen LogP contribution in [0.1, 0.15) is 11.1 Å². The van der Waals surface area contributed by atoms with Gasteiger partial charge in [0.2, 0.25) is 0 Å². The molecule has 5 nitrogen and oxygen atoms in total. The fourth-order valence-electron chi connectivity index (χ4n) is 3.85. The van der Waals surface area contributed by atoms with Gasteiger partial charge in [0.15, 0.2) is 0 Å². The highest BCUT2D eigenvalue weighted by Crippen LogP contribution is 2.28. The molecule has 158 valence electrons. The summed E-state index contributed by atoms with van der Waals surface area (Å²) in [5, 5.41) is 4.02. The fraction of sp³-hybridized carbons (Fsp3) is 0.0400. The van der Waals surface area contributed by atoms with E-state index < -0.39 is 11.9 Å². The van der Waals surface area contributed by atoms with Crippen LogP contribution < -0.4 is 10.2 Å². The SMILES string of the molecule is O=C1NC(=Cc2cn(Cc3ccc(F)cc3)c3ccccc23)C(=O)N1c1cccc(Cl)c1. The maximum Gasteiger partial charge on any atom is 0.333 e. The Morgan fingerprint density at radius 3 is 2.53 bits per heavy atom. The van der Waals surface area contributed by atoms with Crippen molar-refractivity contribution in [3.05, 3.63) is 107 Å². The molecular formula is C25H17ClFN3O2. The Morgan fingerprint density at radius 1 is 0.969 bits per heavy atom. The van der Waals surface area contributed by atoms with E-state index in [9.17, 15) is 14.0 Å². The molecule has 3 aromatic carbocycles. The van der Waals surface area contributed by atoms with Crippen LogP contribution >= 0.6 is 11.6 Å². The number of imide groups is 1. The van der Waals surface area contributed by atoms with E-state index >= 15 is 0 Å². The minimum absolute atomic E-state index is 0.180. The lowest BCUT2D eigenvalue weighted by atomic mass is 10.1. The van der Waals surface area contributed by atoms with E-state index in [4.69, 9.17) is 11.6 Å². The molecule has 5 rings (SSSR count). The summed E-state index contributed by atoms with van der Waals surface area (Å²) in [7, 11) is 0. The maximum absolute atomic E-state index is 13.3. The van der Waals surface area contributed by atoms with E-state index in [-0.39, 0.29) is 11.5 Å². The summed E-state index contributed by atoms with van der Waals surface area (Å²) in [4.78, 5) is 26.6. The molecule has 3 amide bonds. The fourth-order valence-corrected chi connectivity index (χ4v) is 4.03. The summed E-state index contributed by atoms with van der Waals surface area (Å²) in [6, 6.07) is 20.2. The monoisotopic (exact) mass is 445 g/mol. The van der Waals surface area contributed by atoms with Crippen LogP contribution in [0.3, 0.4) is 0 Å². The number of hydrogen-bond donors (Lipinski definition) is 1. The van der Waals surface area contributed by atoms with Crippen molar-refractivity contribution in [2.75, 3.05) is 4.90 Å². The number of carbonyl (C=O) groups excluding carboxylic acids is 2. The Kier molecular flexibility index (Phi) is 4.99. The first kappa shape index (κ1) is 20.0. The van der Waals surface area contributed by atoms with E-state index in [1.54, 1.807) is 42.5 Å². The zero-order valence-electron chi connectivity index (χ0n) is 16.8. The van der Waals surface area contributed by atoms with E-state index in [0.717, 1.165) is 26.9 Å². The first-order valence-electron chi connectivity index (χ1n) is 9.94. The molecule has 1 aromatic heterocycles. The molecule has 1 aliphatic rings. The van der Waals surface area contributed by atoms with E-state index in [2.05, 4.69) is 5.32 Å². The van der Waals surface area contributed by atoms with Gasteiger partial charge in [0.05, 0.1) is 5.69 Å². The molecule has 0 spiro atoms. The van der Waals surface area contributed by atoms with Gasteiger partial charge in [-0.25, -0.2) is 14.1 Å². The molecule has 0 radical (unpaired) electrons. The Labute approximate surface area is 188 Å². The quantitative estimate of drug-likeness (QED) is 0.329. The van der Waals surface area contributed by atoms with Crippen molar-refractivity contribution in [2.45, 2.75) is 6.54 Å². The number of benzene rings is 3. The zero-order valence-corrected chi connectivity index (χ0v) is 17.5. The van der Waals surface area contributed by atoms with Crippen molar-refractivity contribution >= 4 is 46.2 Å². The van der Waals surface area contributed by atoms with Crippen molar-refractivity contribution in [2.24, 2.45) is 0 Å². The molecule has 0 unspecified atom stereocenters. The number of rotatable bonds is 4. The summed E-state index contributed by atoms with van der Waals surface area (Å²) in [6.45, 7) is 0.541. The summed E-state index contributed by atoms with van der Waals surface area (Å²) >= 11 is 6.02. The second-order valence-corrected chi connectivity index (χ2v) is 7.90. The smallest absolute Gasteiger partial charge is 0.333 e. The summed E-state index contributed by atoms with van der Waals surface area (Å²) < 4.78 is 15.3. The minimum Gasteiger partial charge on any atom is -0.342 e. The number of hydrogen-bond acceptors (Lipinski definition) is 2. The van der Waals surface area contributed by atoms with Crippen LogP contribution in [0.4, 0.5) is 14.9 Å². The lowest BCUT2D eigenvalue weighted by molar-refractivity contribution is -0.113. The Hall–Kier alpha value is -3.90. The average molecular weight is 446 g/mol. The van der Waals surface area contributed by atoms with Crippen LogP contribution in [0.5, 0.6) is 0 Å². The molecule has 32 heavy (non-hydrogen) atoms. The topological polar surface area (TPSA) is 54.3 Å². The van der Waals surface area contributed by atoms with Crippen molar-refractivity contribution in [1.82, 2.24) is 9.88 Å². The maximum atomic E-state index is 13.3. The highest BCUT2D eigenvalue weighted by atomic mass is 35.5. The number of anilines is 1. The third-order valence-electron chi connectivity index (χ3n) is 5.33. The normalized spacial score (nSPS) is 15.1. The molecule has 1 saturated heterocycles. The van der Waals surface area contributed by atoms with Gasteiger partial charge in [-0.05, 0) is 48.0 Å². The van der Waals surface area contributed by atoms with Gasteiger partial charge < -0.3 is 9.88 Å². The highest BCUT2D eigenvalue weighted by molar-refractivity contribution is 6.32. The van der Waals surface area contributed by atoms with Gasteiger partial charge in [0.25, 0.3) is 5.91 Å².